The molecule has 0 atom stereocenters. The molecule has 0 spiro atoms. The smallest absolute Gasteiger partial charge is 0.293 e. The number of rotatable bonds is 5. The molecule has 0 aliphatic carbocycles. The van der Waals surface area contributed by atoms with Crippen LogP contribution in [-0.4, -0.2) is 41.2 Å². The summed E-state index contributed by atoms with van der Waals surface area (Å²) in [5.74, 6) is -0.176. The maximum atomic E-state index is 12.6. The number of carbonyl (C=O) groups is 1. The fourth-order valence-electron chi connectivity index (χ4n) is 3.28. The first-order valence-corrected chi connectivity index (χ1v) is 9.82. The number of nitro benzene ring substituents is 1. The molecule has 1 fully saturated rings. The zero-order valence-corrected chi connectivity index (χ0v) is 17.2. The van der Waals surface area contributed by atoms with Crippen LogP contribution in [0.25, 0.3) is 0 Å². The Hall–Kier alpha value is -3.40. The van der Waals surface area contributed by atoms with E-state index in [-0.39, 0.29) is 27.8 Å². The van der Waals surface area contributed by atoms with Crippen molar-refractivity contribution in [1.29, 1.82) is 0 Å². The molecule has 1 amide bonds. The fraction of sp³-hybridized carbons (Fsp3) is 0.300. The number of aromatic hydroxyl groups is 1. The van der Waals surface area contributed by atoms with Crippen LogP contribution in [0.5, 0.6) is 11.5 Å². The molecule has 9 nitrogen and oxygen atoms in total. The highest BCUT2D eigenvalue weighted by atomic mass is 32.1. The Bertz CT molecular complexity index is 976. The van der Waals surface area contributed by atoms with Crippen LogP contribution in [0.1, 0.15) is 29.6 Å². The van der Waals surface area contributed by atoms with Crippen molar-refractivity contribution >= 4 is 40.3 Å². The first kappa shape index (κ1) is 21.3. The van der Waals surface area contributed by atoms with Gasteiger partial charge in [-0.05, 0) is 55.7 Å². The molecule has 1 aliphatic heterocycles. The number of hydrogen-bond donors (Lipinski definition) is 3. The van der Waals surface area contributed by atoms with Gasteiger partial charge in [-0.2, -0.15) is 0 Å². The summed E-state index contributed by atoms with van der Waals surface area (Å²) in [6.45, 7) is 1.51. The fourth-order valence-corrected chi connectivity index (χ4v) is 3.49. The number of carbonyl (C=O) groups excluding carboxylic acids is 1. The maximum Gasteiger partial charge on any atom is 0.293 e. The van der Waals surface area contributed by atoms with Crippen LogP contribution in [-0.2, 0) is 0 Å². The minimum atomic E-state index is -0.594. The van der Waals surface area contributed by atoms with E-state index < -0.39 is 10.8 Å². The van der Waals surface area contributed by atoms with E-state index in [0.29, 0.717) is 11.4 Å². The Morgan fingerprint density at radius 1 is 1.20 bits per heavy atom. The molecule has 1 saturated heterocycles. The van der Waals surface area contributed by atoms with Gasteiger partial charge in [-0.25, -0.2) is 0 Å². The van der Waals surface area contributed by atoms with Crippen molar-refractivity contribution in [3.05, 3.63) is 52.1 Å². The van der Waals surface area contributed by atoms with Gasteiger partial charge < -0.3 is 20.1 Å². The summed E-state index contributed by atoms with van der Waals surface area (Å²) in [6.07, 6.45) is 3.07. The van der Waals surface area contributed by atoms with E-state index in [0.717, 1.165) is 32.4 Å². The van der Waals surface area contributed by atoms with E-state index >= 15 is 0 Å². The van der Waals surface area contributed by atoms with Gasteiger partial charge in [0.2, 0.25) is 0 Å². The van der Waals surface area contributed by atoms with E-state index in [2.05, 4.69) is 10.6 Å². The molecule has 1 heterocycles. The number of amides is 1. The molecule has 30 heavy (non-hydrogen) atoms. The van der Waals surface area contributed by atoms with Crippen molar-refractivity contribution in [3.8, 4) is 11.5 Å². The predicted molar refractivity (Wildman–Crippen MR) is 118 cm³/mol. The Morgan fingerprint density at radius 2 is 1.93 bits per heavy atom. The van der Waals surface area contributed by atoms with Crippen LogP contribution in [0.4, 0.5) is 17.1 Å². The van der Waals surface area contributed by atoms with Gasteiger partial charge in [0.05, 0.1) is 17.7 Å². The van der Waals surface area contributed by atoms with Crippen LogP contribution in [0.15, 0.2) is 36.4 Å². The number of methoxy groups -OCH3 is 1. The van der Waals surface area contributed by atoms with Crippen LogP contribution in [0, 0.1) is 10.1 Å². The third-order valence-electron chi connectivity index (χ3n) is 4.81. The van der Waals surface area contributed by atoms with Crippen LogP contribution in [0.3, 0.4) is 0 Å². The lowest BCUT2D eigenvalue weighted by atomic mass is 10.1. The molecule has 0 saturated carbocycles. The summed E-state index contributed by atoms with van der Waals surface area (Å²) in [5.41, 5.74) is 0.764. The molecule has 0 aromatic heterocycles. The van der Waals surface area contributed by atoms with Gasteiger partial charge in [0.1, 0.15) is 17.2 Å². The first-order chi connectivity index (χ1) is 14.4. The molecule has 0 radical (unpaired) electrons. The summed E-state index contributed by atoms with van der Waals surface area (Å²) in [7, 11) is 1.48. The quantitative estimate of drug-likeness (QED) is 0.286. The second-order valence-corrected chi connectivity index (χ2v) is 7.21. The molecule has 0 unspecified atom stereocenters. The Labute approximate surface area is 178 Å². The largest absolute Gasteiger partial charge is 0.506 e. The molecule has 1 aliphatic rings. The van der Waals surface area contributed by atoms with Gasteiger partial charge >= 0.3 is 0 Å². The highest BCUT2D eigenvalue weighted by molar-refractivity contribution is 7.80. The van der Waals surface area contributed by atoms with Gasteiger partial charge in [-0.1, -0.05) is 0 Å². The van der Waals surface area contributed by atoms with Crippen LogP contribution >= 0.6 is 12.2 Å². The number of hydrogen-bond acceptors (Lipinski definition) is 7. The second kappa shape index (κ2) is 9.40. The molecular weight excluding hydrogens is 408 g/mol. The van der Waals surface area contributed by atoms with Crippen molar-refractivity contribution in [2.75, 3.05) is 30.4 Å². The van der Waals surface area contributed by atoms with Crippen molar-refractivity contribution in [2.45, 2.75) is 19.3 Å². The summed E-state index contributed by atoms with van der Waals surface area (Å²) >= 11 is 5.13. The number of benzene rings is 2. The van der Waals surface area contributed by atoms with Crippen molar-refractivity contribution in [2.24, 2.45) is 0 Å². The molecule has 10 heteroatoms. The minimum absolute atomic E-state index is 0.0636. The predicted octanol–water partition coefficient (Wildman–Crippen LogP) is 3.43. The molecule has 2 aromatic carbocycles. The molecular formula is C20H22N4O5S. The van der Waals surface area contributed by atoms with E-state index in [4.69, 9.17) is 17.0 Å². The van der Waals surface area contributed by atoms with Gasteiger partial charge in [-0.3, -0.25) is 20.2 Å². The number of piperidine rings is 1. The van der Waals surface area contributed by atoms with Gasteiger partial charge in [-0.15, -0.1) is 0 Å². The minimum Gasteiger partial charge on any atom is -0.506 e. The Kier molecular flexibility index (Phi) is 6.68. The number of phenols is 1. The maximum absolute atomic E-state index is 12.6. The highest BCUT2D eigenvalue weighted by Crippen LogP contribution is 2.31. The third kappa shape index (κ3) is 4.95. The zero-order valence-electron chi connectivity index (χ0n) is 16.4. The van der Waals surface area contributed by atoms with E-state index in [1.54, 1.807) is 12.1 Å². The van der Waals surface area contributed by atoms with Crippen LogP contribution < -0.4 is 20.3 Å². The SMILES string of the molecule is COc1ccc(O)c(NC(=S)NC(=O)c2ccc(N3CCCCC3)c([N+](=O)[O-])c2)c1. The molecule has 3 rings (SSSR count). The molecule has 158 valence electrons. The third-order valence-corrected chi connectivity index (χ3v) is 5.01. The van der Waals surface area contributed by atoms with Crippen molar-refractivity contribution < 1.29 is 19.6 Å². The number of anilines is 2. The van der Waals surface area contributed by atoms with Crippen molar-refractivity contribution in [3.63, 3.8) is 0 Å². The lowest BCUT2D eigenvalue weighted by Gasteiger charge is -2.28. The average Bonchev–Trinajstić information content (AvgIpc) is 2.75. The molecule has 3 N–H and O–H groups in total. The number of nitrogens with zero attached hydrogens (tertiary/aromatic N) is 2. The number of nitro groups is 1. The van der Waals surface area contributed by atoms with Crippen molar-refractivity contribution in [1.82, 2.24) is 5.32 Å². The van der Waals surface area contributed by atoms with Gasteiger partial charge in [0.25, 0.3) is 11.6 Å². The van der Waals surface area contributed by atoms with E-state index in [1.807, 2.05) is 4.90 Å². The lowest BCUT2D eigenvalue weighted by molar-refractivity contribution is -0.384. The number of thiocarbonyl (C=S) groups is 1. The highest BCUT2D eigenvalue weighted by Gasteiger charge is 2.23. The second-order valence-electron chi connectivity index (χ2n) is 6.80. The summed E-state index contributed by atoms with van der Waals surface area (Å²) in [6, 6.07) is 8.91. The number of nitrogens with one attached hydrogen (secondary N) is 2. The average molecular weight is 430 g/mol. The van der Waals surface area contributed by atoms with Gasteiger partial charge in [0, 0.05) is 30.8 Å². The standard InChI is InChI=1S/C20H22N4O5S/c1-29-14-6-8-18(25)15(12-14)21-20(30)22-19(26)13-5-7-16(17(11-13)24(27)28)23-9-3-2-4-10-23/h5-8,11-12,25H,2-4,9-10H2,1H3,(H2,21,22,26,30). The van der Waals surface area contributed by atoms with Crippen LogP contribution in [0.2, 0.25) is 0 Å². The molecule has 2 aromatic rings. The van der Waals surface area contributed by atoms with Gasteiger partial charge in [0.15, 0.2) is 5.11 Å². The summed E-state index contributed by atoms with van der Waals surface area (Å²) in [5, 5.41) is 26.6. The lowest BCUT2D eigenvalue weighted by Crippen LogP contribution is -2.34. The molecule has 0 bridgehead atoms. The normalized spacial score (nSPS) is 13.4. The van der Waals surface area contributed by atoms with E-state index in [9.17, 15) is 20.0 Å². The summed E-state index contributed by atoms with van der Waals surface area (Å²) < 4.78 is 5.09. The topological polar surface area (TPSA) is 117 Å². The number of ether oxygens (including phenoxy) is 1. The Balaban J connectivity index is 1.74. The number of phenolic OH excluding ortho intramolecular Hbond substituents is 1. The monoisotopic (exact) mass is 430 g/mol. The first-order valence-electron chi connectivity index (χ1n) is 9.42. The van der Waals surface area contributed by atoms with E-state index in [1.165, 1.54) is 31.4 Å². The summed E-state index contributed by atoms with van der Waals surface area (Å²) in [4.78, 5) is 25.6. The Morgan fingerprint density at radius 3 is 2.60 bits per heavy atom. The zero-order chi connectivity index (χ0) is 21.7.